The maximum absolute atomic E-state index is 14.7. The summed E-state index contributed by atoms with van der Waals surface area (Å²) in [4.78, 5) is 16.4. The zero-order valence-electron chi connectivity index (χ0n) is 19.0. The predicted molar refractivity (Wildman–Crippen MR) is 123 cm³/mol. The van der Waals surface area contributed by atoms with Crippen molar-refractivity contribution in [1.82, 2.24) is 4.98 Å². The van der Waals surface area contributed by atoms with Crippen molar-refractivity contribution in [2.45, 2.75) is 48.5 Å². The molecule has 0 spiro atoms. The van der Waals surface area contributed by atoms with E-state index in [1.54, 1.807) is 36.4 Å². The normalized spacial score (nSPS) is 9.27. The van der Waals surface area contributed by atoms with E-state index in [1.165, 1.54) is 24.4 Å². The number of benzene rings is 2. The van der Waals surface area contributed by atoms with Gasteiger partial charge in [0, 0.05) is 17.3 Å². The minimum absolute atomic E-state index is 0.0984. The molecule has 0 atom stereocenters. The summed E-state index contributed by atoms with van der Waals surface area (Å²) < 4.78 is 28.7. The van der Waals surface area contributed by atoms with Gasteiger partial charge in [0.15, 0.2) is 5.78 Å². The van der Waals surface area contributed by atoms with E-state index in [0.717, 1.165) is 12.0 Å². The van der Waals surface area contributed by atoms with Crippen molar-refractivity contribution < 1.29 is 13.6 Å². The monoisotopic (exact) mass is 413 g/mol. The summed E-state index contributed by atoms with van der Waals surface area (Å²) in [5.74, 6) is -1.63. The summed E-state index contributed by atoms with van der Waals surface area (Å²) in [6.07, 6.45) is 1.51. The highest BCUT2D eigenvalue weighted by molar-refractivity contribution is 6.09. The molecule has 1 heterocycles. The van der Waals surface area contributed by atoms with E-state index in [1.807, 2.05) is 27.7 Å². The fourth-order valence-electron chi connectivity index (χ4n) is 2.21. The topological polar surface area (TPSA) is 30.0 Å². The molecule has 0 saturated heterocycles. The number of pyridine rings is 1. The van der Waals surface area contributed by atoms with Crippen LogP contribution in [0.4, 0.5) is 8.78 Å². The molecule has 162 valence electrons. The first-order valence-electron chi connectivity index (χ1n) is 10.4. The number of hydrogen-bond acceptors (Lipinski definition) is 2. The minimum atomic E-state index is -0.896. The van der Waals surface area contributed by atoms with Crippen LogP contribution in [0.2, 0.25) is 0 Å². The number of rotatable bonds is 3. The van der Waals surface area contributed by atoms with Crippen LogP contribution in [0.1, 0.15) is 64.4 Å². The van der Waals surface area contributed by atoms with Crippen LogP contribution in [0.15, 0.2) is 66.9 Å². The van der Waals surface area contributed by atoms with E-state index < -0.39 is 23.0 Å². The van der Waals surface area contributed by atoms with Crippen LogP contribution in [-0.2, 0) is 0 Å². The summed E-state index contributed by atoms with van der Waals surface area (Å²) in [5.41, 5.74) is 0.121. The third kappa shape index (κ3) is 8.24. The Morgan fingerprint density at radius 3 is 1.83 bits per heavy atom. The number of hydrogen-bond donors (Lipinski definition) is 0. The van der Waals surface area contributed by atoms with Crippen molar-refractivity contribution in [2.24, 2.45) is 5.92 Å². The maximum Gasteiger partial charge on any atom is 0.198 e. The molecular formula is C26H33F2NO. The molecule has 3 aromatic rings. The van der Waals surface area contributed by atoms with Gasteiger partial charge in [-0.05, 0) is 30.2 Å². The molecule has 0 unspecified atom stereocenters. The van der Waals surface area contributed by atoms with E-state index in [0.29, 0.717) is 5.69 Å². The van der Waals surface area contributed by atoms with E-state index >= 15 is 0 Å². The van der Waals surface area contributed by atoms with Gasteiger partial charge in [-0.25, -0.2) is 8.78 Å². The largest absolute Gasteiger partial charge is 0.288 e. The molecule has 2 aromatic carbocycles. The standard InChI is InChI=1S/C18H11F2NO.C4H10.2C2H6/c19-14-10-9-13(15-8-4-5-11-21-15)17(20)16(14)18(22)12-6-2-1-3-7-12;1-4(2)3;2*1-2/h1-11H;4H,1-3H3;2*1-2H3. The van der Waals surface area contributed by atoms with Gasteiger partial charge in [-0.1, -0.05) is 84.9 Å². The lowest BCUT2D eigenvalue weighted by molar-refractivity contribution is 0.103. The van der Waals surface area contributed by atoms with E-state index in [4.69, 9.17) is 0 Å². The molecule has 0 fully saturated rings. The molecule has 1 aromatic heterocycles. The molecule has 0 radical (unpaired) electrons. The number of aromatic nitrogens is 1. The third-order valence-electron chi connectivity index (χ3n) is 3.30. The van der Waals surface area contributed by atoms with Gasteiger partial charge in [-0.15, -0.1) is 0 Å². The minimum Gasteiger partial charge on any atom is -0.288 e. The van der Waals surface area contributed by atoms with Gasteiger partial charge >= 0.3 is 0 Å². The zero-order valence-corrected chi connectivity index (χ0v) is 19.0. The Bertz CT molecular complexity index is 860. The molecule has 0 aliphatic carbocycles. The van der Waals surface area contributed by atoms with Crippen LogP contribution in [0.25, 0.3) is 11.3 Å². The van der Waals surface area contributed by atoms with Crippen molar-refractivity contribution in [2.75, 3.05) is 0 Å². The van der Waals surface area contributed by atoms with Crippen LogP contribution in [0, 0.1) is 17.6 Å². The van der Waals surface area contributed by atoms with Crippen molar-refractivity contribution >= 4 is 5.78 Å². The second-order valence-electron chi connectivity index (χ2n) is 6.43. The number of ketones is 1. The van der Waals surface area contributed by atoms with Gasteiger partial charge < -0.3 is 0 Å². The Kier molecular flexibility index (Phi) is 13.6. The van der Waals surface area contributed by atoms with Gasteiger partial charge in [0.2, 0.25) is 0 Å². The lowest BCUT2D eigenvalue weighted by atomic mass is 9.98. The fourth-order valence-corrected chi connectivity index (χ4v) is 2.21. The van der Waals surface area contributed by atoms with E-state index in [2.05, 4.69) is 25.8 Å². The number of halogens is 2. The molecule has 2 nitrogen and oxygen atoms in total. The molecule has 0 saturated carbocycles. The number of nitrogens with zero attached hydrogens (tertiary/aromatic N) is 1. The average Bonchev–Trinajstić information content (AvgIpc) is 2.77. The highest BCUT2D eigenvalue weighted by atomic mass is 19.1. The Balaban J connectivity index is 0.000000924. The second-order valence-corrected chi connectivity index (χ2v) is 6.43. The Morgan fingerprint density at radius 1 is 0.800 bits per heavy atom. The summed E-state index contributed by atoms with van der Waals surface area (Å²) in [6.45, 7) is 14.5. The van der Waals surface area contributed by atoms with Crippen molar-refractivity contribution in [3.63, 3.8) is 0 Å². The Labute approximate surface area is 180 Å². The third-order valence-corrected chi connectivity index (χ3v) is 3.30. The molecule has 0 aliphatic rings. The van der Waals surface area contributed by atoms with Crippen LogP contribution >= 0.6 is 0 Å². The molecule has 0 N–H and O–H groups in total. The smallest absolute Gasteiger partial charge is 0.198 e. The van der Waals surface area contributed by atoms with Crippen molar-refractivity contribution in [3.8, 4) is 11.3 Å². The first kappa shape index (κ1) is 27.1. The van der Waals surface area contributed by atoms with Crippen LogP contribution in [0.5, 0.6) is 0 Å². The fraction of sp³-hybridized carbons (Fsp3) is 0.308. The van der Waals surface area contributed by atoms with Crippen LogP contribution in [0.3, 0.4) is 0 Å². The Hall–Kier alpha value is -2.88. The molecule has 0 bridgehead atoms. The van der Waals surface area contributed by atoms with Gasteiger partial charge in [0.25, 0.3) is 0 Å². The van der Waals surface area contributed by atoms with E-state index in [9.17, 15) is 13.6 Å². The Morgan fingerprint density at radius 2 is 1.33 bits per heavy atom. The highest BCUT2D eigenvalue weighted by Crippen LogP contribution is 2.26. The quantitative estimate of drug-likeness (QED) is 0.407. The first-order valence-corrected chi connectivity index (χ1v) is 10.4. The summed E-state index contributed by atoms with van der Waals surface area (Å²) in [6, 6.07) is 15.4. The highest BCUT2D eigenvalue weighted by Gasteiger charge is 2.22. The van der Waals surface area contributed by atoms with Crippen LogP contribution < -0.4 is 0 Å². The lowest BCUT2D eigenvalue weighted by Crippen LogP contribution is -2.08. The number of carbonyl (C=O) groups excluding carboxylic acids is 1. The molecule has 4 heteroatoms. The van der Waals surface area contributed by atoms with Crippen molar-refractivity contribution in [1.29, 1.82) is 0 Å². The molecular weight excluding hydrogens is 380 g/mol. The average molecular weight is 414 g/mol. The van der Waals surface area contributed by atoms with Crippen molar-refractivity contribution in [3.05, 3.63) is 89.6 Å². The van der Waals surface area contributed by atoms with Gasteiger partial charge in [-0.3, -0.25) is 9.78 Å². The first-order chi connectivity index (χ1) is 14.4. The summed E-state index contributed by atoms with van der Waals surface area (Å²) >= 11 is 0. The summed E-state index contributed by atoms with van der Waals surface area (Å²) in [5, 5.41) is 0. The van der Waals surface area contributed by atoms with Gasteiger partial charge in [-0.2, -0.15) is 0 Å². The molecule has 3 rings (SSSR count). The second kappa shape index (κ2) is 15.0. The van der Waals surface area contributed by atoms with Gasteiger partial charge in [0.05, 0.1) is 11.3 Å². The maximum atomic E-state index is 14.7. The molecule has 0 aliphatic heterocycles. The zero-order chi connectivity index (χ0) is 23.1. The summed E-state index contributed by atoms with van der Waals surface area (Å²) in [7, 11) is 0. The van der Waals surface area contributed by atoms with Crippen LogP contribution in [-0.4, -0.2) is 10.8 Å². The lowest BCUT2D eigenvalue weighted by Gasteiger charge is -2.09. The van der Waals surface area contributed by atoms with Gasteiger partial charge in [0.1, 0.15) is 11.6 Å². The molecule has 0 amide bonds. The predicted octanol–water partition coefficient (Wildman–Crippen LogP) is 7.97. The SMILES string of the molecule is CC.CC.CC(C)C.O=C(c1ccccc1)c1c(F)ccc(-c2ccccn2)c1F. The molecule has 30 heavy (non-hydrogen) atoms. The van der Waals surface area contributed by atoms with E-state index in [-0.39, 0.29) is 11.1 Å². The number of carbonyl (C=O) groups is 1.